The Kier molecular flexibility index (Phi) is 4.30. The lowest BCUT2D eigenvalue weighted by molar-refractivity contribution is 0.178. The van der Waals surface area contributed by atoms with Gasteiger partial charge in [0.05, 0.1) is 11.4 Å². The molecular formula is C13H18N4O. The van der Waals surface area contributed by atoms with Crippen molar-refractivity contribution < 1.29 is 4.74 Å². The van der Waals surface area contributed by atoms with E-state index in [9.17, 15) is 0 Å². The van der Waals surface area contributed by atoms with Crippen molar-refractivity contribution >= 4 is 5.82 Å². The number of aromatic amines is 1. The van der Waals surface area contributed by atoms with Gasteiger partial charge in [0.2, 0.25) is 0 Å². The molecule has 0 saturated carbocycles. The van der Waals surface area contributed by atoms with Gasteiger partial charge in [0.25, 0.3) is 0 Å². The van der Waals surface area contributed by atoms with Crippen molar-refractivity contribution in [1.29, 1.82) is 0 Å². The number of nitrogens with one attached hydrogen (secondary N) is 2. The fourth-order valence-corrected chi connectivity index (χ4v) is 1.66. The summed E-state index contributed by atoms with van der Waals surface area (Å²) in [5.74, 6) is 1.52. The number of ether oxygens (including phenoxy) is 1. The smallest absolute Gasteiger partial charge is 0.157 e. The van der Waals surface area contributed by atoms with Gasteiger partial charge in [-0.1, -0.05) is 6.92 Å². The van der Waals surface area contributed by atoms with Crippen LogP contribution in [0.2, 0.25) is 0 Å². The zero-order valence-electron chi connectivity index (χ0n) is 10.7. The number of aromatic nitrogens is 3. The standard InChI is InChI=1S/C13H18N4O/c1-3-6-15-12-8-11(10-5-4-7-14-10)16-13(17-12)9-18-2/h4-5,7-8,14H,3,6,9H2,1-2H3,(H,15,16,17). The maximum Gasteiger partial charge on any atom is 0.157 e. The van der Waals surface area contributed by atoms with Gasteiger partial charge in [-0.25, -0.2) is 9.97 Å². The second-order valence-electron chi connectivity index (χ2n) is 4.00. The third kappa shape index (κ3) is 3.07. The Hall–Kier alpha value is -1.88. The molecule has 2 aromatic heterocycles. The highest BCUT2D eigenvalue weighted by Gasteiger charge is 2.06. The predicted octanol–water partition coefficient (Wildman–Crippen LogP) is 2.44. The van der Waals surface area contributed by atoms with Crippen LogP contribution in [0.1, 0.15) is 19.2 Å². The van der Waals surface area contributed by atoms with Gasteiger partial charge in [-0.05, 0) is 18.6 Å². The molecule has 2 heterocycles. The van der Waals surface area contributed by atoms with Crippen molar-refractivity contribution in [2.75, 3.05) is 19.0 Å². The van der Waals surface area contributed by atoms with E-state index >= 15 is 0 Å². The second-order valence-corrected chi connectivity index (χ2v) is 4.00. The monoisotopic (exact) mass is 246 g/mol. The minimum Gasteiger partial charge on any atom is -0.377 e. The lowest BCUT2D eigenvalue weighted by atomic mass is 10.3. The Morgan fingerprint density at radius 1 is 1.39 bits per heavy atom. The van der Waals surface area contributed by atoms with Gasteiger partial charge in [-0.3, -0.25) is 0 Å². The topological polar surface area (TPSA) is 62.8 Å². The van der Waals surface area contributed by atoms with Crippen LogP contribution in [0.5, 0.6) is 0 Å². The first-order valence-corrected chi connectivity index (χ1v) is 6.08. The zero-order chi connectivity index (χ0) is 12.8. The van der Waals surface area contributed by atoms with Gasteiger partial charge in [0, 0.05) is 25.9 Å². The first-order chi connectivity index (χ1) is 8.83. The van der Waals surface area contributed by atoms with E-state index < -0.39 is 0 Å². The second kappa shape index (κ2) is 6.16. The summed E-state index contributed by atoms with van der Waals surface area (Å²) in [5.41, 5.74) is 1.86. The number of hydrogen-bond donors (Lipinski definition) is 2. The SMILES string of the molecule is CCCNc1cc(-c2ccc[nH]2)nc(COC)n1. The number of H-pyrrole nitrogens is 1. The third-order valence-corrected chi connectivity index (χ3v) is 2.48. The predicted molar refractivity (Wildman–Crippen MR) is 71.3 cm³/mol. The molecule has 2 aromatic rings. The van der Waals surface area contributed by atoms with Gasteiger partial charge in [0.1, 0.15) is 12.4 Å². The molecule has 0 aliphatic heterocycles. The molecule has 2 N–H and O–H groups in total. The molecule has 0 bridgehead atoms. The Balaban J connectivity index is 2.30. The minimum atomic E-state index is 0.412. The summed E-state index contributed by atoms with van der Waals surface area (Å²) in [6, 6.07) is 5.88. The van der Waals surface area contributed by atoms with Crippen LogP contribution >= 0.6 is 0 Å². The molecule has 0 aliphatic carbocycles. The molecule has 96 valence electrons. The van der Waals surface area contributed by atoms with Crippen molar-refractivity contribution in [2.45, 2.75) is 20.0 Å². The summed E-state index contributed by atoms with van der Waals surface area (Å²) in [4.78, 5) is 12.0. The average molecular weight is 246 g/mol. The normalized spacial score (nSPS) is 10.6. The van der Waals surface area contributed by atoms with Crippen LogP contribution in [0.4, 0.5) is 5.82 Å². The van der Waals surface area contributed by atoms with Gasteiger partial charge in [0.15, 0.2) is 5.82 Å². The first kappa shape index (κ1) is 12.6. The number of hydrogen-bond acceptors (Lipinski definition) is 4. The number of methoxy groups -OCH3 is 1. The van der Waals surface area contributed by atoms with Crippen LogP contribution in [0.15, 0.2) is 24.4 Å². The van der Waals surface area contributed by atoms with Crippen molar-refractivity contribution in [3.05, 3.63) is 30.2 Å². The van der Waals surface area contributed by atoms with E-state index in [-0.39, 0.29) is 0 Å². The van der Waals surface area contributed by atoms with E-state index in [1.54, 1.807) is 7.11 Å². The number of nitrogens with zero attached hydrogens (tertiary/aromatic N) is 2. The highest BCUT2D eigenvalue weighted by Crippen LogP contribution is 2.18. The third-order valence-electron chi connectivity index (χ3n) is 2.48. The molecule has 0 saturated heterocycles. The molecule has 5 nitrogen and oxygen atoms in total. The largest absolute Gasteiger partial charge is 0.377 e. The fourth-order valence-electron chi connectivity index (χ4n) is 1.66. The maximum atomic E-state index is 5.10. The molecule has 0 radical (unpaired) electrons. The van der Waals surface area contributed by atoms with Crippen LogP contribution in [-0.2, 0) is 11.3 Å². The molecule has 18 heavy (non-hydrogen) atoms. The van der Waals surface area contributed by atoms with Crippen LogP contribution in [0, 0.1) is 0 Å². The molecular weight excluding hydrogens is 228 g/mol. The highest BCUT2D eigenvalue weighted by atomic mass is 16.5. The van der Waals surface area contributed by atoms with E-state index in [4.69, 9.17) is 4.74 Å². The molecule has 0 atom stereocenters. The Morgan fingerprint density at radius 2 is 2.28 bits per heavy atom. The summed E-state index contributed by atoms with van der Waals surface area (Å²) in [5, 5.41) is 3.27. The molecule has 0 spiro atoms. The van der Waals surface area contributed by atoms with E-state index in [0.717, 1.165) is 30.2 Å². The van der Waals surface area contributed by atoms with Crippen LogP contribution in [-0.4, -0.2) is 28.6 Å². The van der Waals surface area contributed by atoms with Crippen LogP contribution < -0.4 is 5.32 Å². The number of rotatable bonds is 6. The Bertz CT molecular complexity index is 482. The van der Waals surface area contributed by atoms with Gasteiger partial charge in [-0.2, -0.15) is 0 Å². The van der Waals surface area contributed by atoms with Crippen molar-refractivity contribution in [3.63, 3.8) is 0 Å². The molecule has 0 aromatic carbocycles. The van der Waals surface area contributed by atoms with E-state index in [1.165, 1.54) is 0 Å². The Labute approximate surface area is 107 Å². The van der Waals surface area contributed by atoms with Gasteiger partial charge >= 0.3 is 0 Å². The zero-order valence-corrected chi connectivity index (χ0v) is 10.7. The van der Waals surface area contributed by atoms with Crippen molar-refractivity contribution in [3.8, 4) is 11.4 Å². The summed E-state index contributed by atoms with van der Waals surface area (Å²) in [6.45, 7) is 3.43. The minimum absolute atomic E-state index is 0.412. The van der Waals surface area contributed by atoms with Crippen molar-refractivity contribution in [1.82, 2.24) is 15.0 Å². The molecule has 2 rings (SSSR count). The Morgan fingerprint density at radius 3 is 2.94 bits per heavy atom. The van der Waals surface area contributed by atoms with Gasteiger partial charge < -0.3 is 15.0 Å². The summed E-state index contributed by atoms with van der Waals surface area (Å²) < 4.78 is 5.10. The summed E-state index contributed by atoms with van der Waals surface area (Å²) in [6.07, 6.45) is 2.94. The lowest BCUT2D eigenvalue weighted by Gasteiger charge is -2.08. The summed E-state index contributed by atoms with van der Waals surface area (Å²) >= 11 is 0. The lowest BCUT2D eigenvalue weighted by Crippen LogP contribution is -2.06. The van der Waals surface area contributed by atoms with E-state index in [1.807, 2.05) is 24.4 Å². The van der Waals surface area contributed by atoms with Crippen molar-refractivity contribution in [2.24, 2.45) is 0 Å². The van der Waals surface area contributed by atoms with Crippen LogP contribution in [0.25, 0.3) is 11.4 Å². The van der Waals surface area contributed by atoms with E-state index in [0.29, 0.717) is 12.4 Å². The quantitative estimate of drug-likeness (QED) is 0.821. The van der Waals surface area contributed by atoms with Gasteiger partial charge in [-0.15, -0.1) is 0 Å². The fraction of sp³-hybridized carbons (Fsp3) is 0.385. The average Bonchev–Trinajstić information content (AvgIpc) is 2.90. The maximum absolute atomic E-state index is 5.10. The van der Waals surface area contributed by atoms with Crippen LogP contribution in [0.3, 0.4) is 0 Å². The van der Waals surface area contributed by atoms with E-state index in [2.05, 4.69) is 27.2 Å². The first-order valence-electron chi connectivity index (χ1n) is 6.08. The highest BCUT2D eigenvalue weighted by molar-refractivity contribution is 5.58. The molecule has 0 unspecified atom stereocenters. The molecule has 0 fully saturated rings. The molecule has 0 aliphatic rings. The molecule has 0 amide bonds. The number of anilines is 1. The summed E-state index contributed by atoms with van der Waals surface area (Å²) in [7, 11) is 1.64. The molecule has 5 heteroatoms.